The van der Waals surface area contributed by atoms with E-state index in [-0.39, 0.29) is 0 Å². The molecule has 3 heterocycles. The molecule has 8 heteroatoms. The van der Waals surface area contributed by atoms with E-state index in [1.54, 1.807) is 24.3 Å². The molecular weight excluding hydrogens is 905 g/mol. The van der Waals surface area contributed by atoms with Crippen molar-refractivity contribution in [3.63, 3.8) is 0 Å². The third-order valence-electron chi connectivity index (χ3n) is 13.9. The molecular formula is C66H38N8. The Morgan fingerprint density at radius 3 is 0.959 bits per heavy atom. The summed E-state index contributed by atoms with van der Waals surface area (Å²) in [6, 6.07) is 75.9. The standard InChI is InChI=1S/C66H38N8/c1-40-23-54(24-41(2)72-40)60-34-61(73-62-29-50(46-11-3-7-42(25-46)35-67)15-19-56(62)57-20-16-51(30-63(57)73)47-12-4-8-43(26-47)36-68)55(39-71)33-66(60)74-64-31-52(48-13-5-9-44(27-48)37-69)17-21-58(64)59-22-18-53(32-65(59)74)49-14-6-10-45(28-49)38-70/h3-34H,1-2H3. The number of nitriles is 5. The molecule has 12 aromatic rings. The van der Waals surface area contributed by atoms with Crippen LogP contribution in [-0.2, 0) is 0 Å². The van der Waals surface area contributed by atoms with Crippen molar-refractivity contribution in [3.8, 4) is 97.4 Å². The van der Waals surface area contributed by atoms with Crippen molar-refractivity contribution in [2.75, 3.05) is 0 Å². The molecule has 8 nitrogen and oxygen atoms in total. The highest BCUT2D eigenvalue weighted by Gasteiger charge is 2.24. The molecule has 74 heavy (non-hydrogen) atoms. The summed E-state index contributed by atoms with van der Waals surface area (Å²) in [5.74, 6) is 0. The van der Waals surface area contributed by atoms with Gasteiger partial charge in [0.15, 0.2) is 0 Å². The molecule has 0 amide bonds. The molecule has 0 aliphatic carbocycles. The van der Waals surface area contributed by atoms with Crippen LogP contribution in [0, 0.1) is 70.5 Å². The minimum atomic E-state index is 0.421. The fourth-order valence-electron chi connectivity index (χ4n) is 10.6. The molecule has 0 spiro atoms. The van der Waals surface area contributed by atoms with Crippen LogP contribution in [0.4, 0.5) is 0 Å². The summed E-state index contributed by atoms with van der Waals surface area (Å²) in [5, 5.41) is 55.1. The Balaban J connectivity index is 1.20. The number of hydrogen-bond acceptors (Lipinski definition) is 6. The number of pyridine rings is 1. The lowest BCUT2D eigenvalue weighted by Crippen LogP contribution is -2.04. The lowest BCUT2D eigenvalue weighted by Gasteiger charge is -2.20. The van der Waals surface area contributed by atoms with Gasteiger partial charge in [-0.05, 0) is 161 Å². The van der Waals surface area contributed by atoms with E-state index in [1.807, 2.05) is 92.7 Å². The van der Waals surface area contributed by atoms with Crippen LogP contribution in [0.15, 0.2) is 194 Å². The van der Waals surface area contributed by atoms with Gasteiger partial charge in [-0.25, -0.2) is 0 Å². The average molecular weight is 943 g/mol. The lowest BCUT2D eigenvalue weighted by molar-refractivity contribution is 1.11. The van der Waals surface area contributed by atoms with E-state index in [2.05, 4.69) is 130 Å². The fourth-order valence-corrected chi connectivity index (χ4v) is 10.6. The summed E-state index contributed by atoms with van der Waals surface area (Å²) in [6.45, 7) is 3.98. The van der Waals surface area contributed by atoms with Gasteiger partial charge in [0, 0.05) is 38.5 Å². The predicted octanol–water partition coefficient (Wildman–Crippen LogP) is 15.6. The van der Waals surface area contributed by atoms with E-state index in [0.29, 0.717) is 33.5 Å². The molecule has 0 atom stereocenters. The summed E-state index contributed by atoms with van der Waals surface area (Å²) in [6.07, 6.45) is 0. The number of nitrogens with zero attached hydrogens (tertiary/aromatic N) is 8. The van der Waals surface area contributed by atoms with Gasteiger partial charge in [0.25, 0.3) is 0 Å². The van der Waals surface area contributed by atoms with E-state index in [1.165, 1.54) is 0 Å². The maximum absolute atomic E-state index is 11.6. The fraction of sp³-hybridized carbons (Fsp3) is 0.0303. The Morgan fingerprint density at radius 2 is 0.635 bits per heavy atom. The molecule has 0 bridgehead atoms. The van der Waals surface area contributed by atoms with Gasteiger partial charge in [0.1, 0.15) is 6.07 Å². The summed E-state index contributed by atoms with van der Waals surface area (Å²) in [7, 11) is 0. The van der Waals surface area contributed by atoms with Crippen LogP contribution in [-0.4, -0.2) is 14.1 Å². The minimum absolute atomic E-state index is 0.421. The average Bonchev–Trinajstić information content (AvgIpc) is 3.95. The monoisotopic (exact) mass is 942 g/mol. The van der Waals surface area contributed by atoms with E-state index in [0.717, 1.165) is 116 Å². The first kappa shape index (κ1) is 44.4. The van der Waals surface area contributed by atoms with Crippen molar-refractivity contribution in [2.24, 2.45) is 0 Å². The van der Waals surface area contributed by atoms with Crippen molar-refractivity contribution in [1.29, 1.82) is 26.3 Å². The number of hydrogen-bond donors (Lipinski definition) is 0. The van der Waals surface area contributed by atoms with Crippen LogP contribution < -0.4 is 0 Å². The Morgan fingerprint density at radius 1 is 0.311 bits per heavy atom. The smallest absolute Gasteiger partial charge is 0.101 e. The van der Waals surface area contributed by atoms with E-state index < -0.39 is 0 Å². The SMILES string of the molecule is Cc1cc(-c2cc(-n3c4cc(-c5cccc(C#N)c5)ccc4c4ccc(-c5cccc(C#N)c5)cc43)c(C#N)cc2-n2c3cc(-c4cccc(C#N)c4)ccc3c3ccc(-c4cccc(C#N)c4)cc32)cc(C)n1. The second-order valence-electron chi connectivity index (χ2n) is 18.5. The predicted molar refractivity (Wildman–Crippen MR) is 293 cm³/mol. The number of aromatic nitrogens is 3. The Kier molecular flexibility index (Phi) is 10.7. The first-order valence-electron chi connectivity index (χ1n) is 24.0. The number of benzene rings is 9. The first-order valence-corrected chi connectivity index (χ1v) is 24.0. The zero-order valence-electron chi connectivity index (χ0n) is 40.1. The number of aryl methyl sites for hydroxylation is 2. The van der Waals surface area contributed by atoms with Crippen LogP contribution in [0.25, 0.3) is 111 Å². The molecule has 342 valence electrons. The highest BCUT2D eigenvalue weighted by atomic mass is 15.0. The molecule has 0 aliphatic heterocycles. The second-order valence-corrected chi connectivity index (χ2v) is 18.5. The normalized spacial score (nSPS) is 11.0. The van der Waals surface area contributed by atoms with Crippen LogP contribution in [0.2, 0.25) is 0 Å². The van der Waals surface area contributed by atoms with Gasteiger partial charge in [-0.1, -0.05) is 97.1 Å². The van der Waals surface area contributed by atoms with E-state index >= 15 is 0 Å². The minimum Gasteiger partial charge on any atom is -0.309 e. The zero-order chi connectivity index (χ0) is 50.6. The highest BCUT2D eigenvalue weighted by molar-refractivity contribution is 6.13. The molecule has 0 fully saturated rings. The lowest BCUT2D eigenvalue weighted by atomic mass is 9.98. The van der Waals surface area contributed by atoms with Crippen molar-refractivity contribution < 1.29 is 0 Å². The second kappa shape index (κ2) is 17.9. The summed E-state index contributed by atoms with van der Waals surface area (Å²) in [5.41, 5.74) is 18.3. The molecule has 9 aromatic carbocycles. The molecule has 0 aliphatic rings. The molecule has 12 rings (SSSR count). The largest absolute Gasteiger partial charge is 0.309 e. The van der Waals surface area contributed by atoms with Gasteiger partial charge in [-0.2, -0.15) is 26.3 Å². The Hall–Kier alpha value is -10.8. The molecule has 3 aromatic heterocycles. The Labute approximate surface area is 426 Å². The maximum atomic E-state index is 11.6. The van der Waals surface area contributed by atoms with Crippen LogP contribution in [0.3, 0.4) is 0 Å². The number of fused-ring (bicyclic) bond motifs is 6. The van der Waals surface area contributed by atoms with Gasteiger partial charge in [-0.15, -0.1) is 0 Å². The number of rotatable bonds is 7. The topological polar surface area (TPSA) is 142 Å². The molecule has 0 N–H and O–H groups in total. The van der Waals surface area contributed by atoms with Crippen LogP contribution >= 0.6 is 0 Å². The van der Waals surface area contributed by atoms with Crippen molar-refractivity contribution in [1.82, 2.24) is 14.1 Å². The zero-order valence-corrected chi connectivity index (χ0v) is 40.1. The third kappa shape index (κ3) is 7.56. The van der Waals surface area contributed by atoms with E-state index in [9.17, 15) is 26.3 Å². The van der Waals surface area contributed by atoms with Crippen LogP contribution in [0.5, 0.6) is 0 Å². The highest BCUT2D eigenvalue weighted by Crippen LogP contribution is 2.44. The van der Waals surface area contributed by atoms with Crippen LogP contribution in [0.1, 0.15) is 39.2 Å². The molecule has 0 saturated carbocycles. The summed E-state index contributed by atoms with van der Waals surface area (Å²) in [4.78, 5) is 4.81. The first-order chi connectivity index (χ1) is 36.2. The Bertz CT molecular complexity index is 4340. The van der Waals surface area contributed by atoms with Gasteiger partial charge in [-0.3, -0.25) is 4.98 Å². The molecule has 0 saturated heterocycles. The van der Waals surface area contributed by atoms with Crippen molar-refractivity contribution in [3.05, 3.63) is 233 Å². The van der Waals surface area contributed by atoms with Crippen molar-refractivity contribution in [2.45, 2.75) is 13.8 Å². The van der Waals surface area contributed by atoms with Gasteiger partial charge in [0.2, 0.25) is 0 Å². The quantitative estimate of drug-likeness (QED) is 0.156. The van der Waals surface area contributed by atoms with Gasteiger partial charge in [0.05, 0.1) is 85.5 Å². The van der Waals surface area contributed by atoms with Crippen molar-refractivity contribution >= 4 is 43.6 Å². The molecule has 0 unspecified atom stereocenters. The van der Waals surface area contributed by atoms with Gasteiger partial charge >= 0.3 is 0 Å². The van der Waals surface area contributed by atoms with Gasteiger partial charge < -0.3 is 9.13 Å². The molecule has 0 radical (unpaired) electrons. The maximum Gasteiger partial charge on any atom is 0.101 e. The van der Waals surface area contributed by atoms with E-state index in [4.69, 9.17) is 4.98 Å². The summed E-state index contributed by atoms with van der Waals surface area (Å²) < 4.78 is 4.43. The third-order valence-corrected chi connectivity index (χ3v) is 13.9. The summed E-state index contributed by atoms with van der Waals surface area (Å²) >= 11 is 0.